The smallest absolute Gasteiger partial charge is 0.162 e. The van der Waals surface area contributed by atoms with Crippen molar-refractivity contribution in [1.82, 2.24) is 9.80 Å². The number of hydrogen-bond acceptors (Lipinski definition) is 4. The third-order valence-corrected chi connectivity index (χ3v) is 6.36. The van der Waals surface area contributed by atoms with E-state index in [1.165, 1.54) is 5.56 Å². The van der Waals surface area contributed by atoms with E-state index < -0.39 is 0 Å². The van der Waals surface area contributed by atoms with Crippen LogP contribution in [-0.4, -0.2) is 49.6 Å². The Kier molecular flexibility index (Phi) is 8.05. The molecule has 0 bridgehead atoms. The highest BCUT2D eigenvalue weighted by Crippen LogP contribution is 2.34. The molecule has 5 heteroatoms. The summed E-state index contributed by atoms with van der Waals surface area (Å²) in [6.45, 7) is 6.28. The average molecular weight is 451 g/mol. The van der Waals surface area contributed by atoms with Gasteiger partial charge in [-0.25, -0.2) is 0 Å². The van der Waals surface area contributed by atoms with Gasteiger partial charge in [-0.15, -0.1) is 0 Å². The third-order valence-electron chi connectivity index (χ3n) is 6.01. The van der Waals surface area contributed by atoms with E-state index in [4.69, 9.17) is 21.1 Å². The molecule has 4 rings (SSSR count). The lowest BCUT2D eigenvalue weighted by atomic mass is 10.1. The van der Waals surface area contributed by atoms with Crippen LogP contribution in [0.25, 0.3) is 0 Å². The first-order valence-corrected chi connectivity index (χ1v) is 11.6. The van der Waals surface area contributed by atoms with Crippen molar-refractivity contribution >= 4 is 11.6 Å². The zero-order chi connectivity index (χ0) is 22.2. The molecule has 0 amide bonds. The van der Waals surface area contributed by atoms with Gasteiger partial charge in [-0.3, -0.25) is 4.90 Å². The monoisotopic (exact) mass is 450 g/mol. The fourth-order valence-corrected chi connectivity index (χ4v) is 4.45. The summed E-state index contributed by atoms with van der Waals surface area (Å²) in [6, 6.07) is 26.5. The first-order chi connectivity index (χ1) is 15.7. The first kappa shape index (κ1) is 22.7. The summed E-state index contributed by atoms with van der Waals surface area (Å²) in [4.78, 5) is 5.06. The van der Waals surface area contributed by atoms with Crippen LogP contribution in [0.2, 0.25) is 5.02 Å². The molecule has 0 spiro atoms. The summed E-state index contributed by atoms with van der Waals surface area (Å²) in [7, 11) is 1.67. The Hall–Kier alpha value is -2.53. The van der Waals surface area contributed by atoms with Crippen molar-refractivity contribution in [3.63, 3.8) is 0 Å². The standard InChI is InChI=1S/C27H31ClN2O2/c1-31-26-13-7-8-14-27(26)32-25(23-11-5-6-12-24(23)28)15-16-29-17-19-30(20-18-29)21-22-9-3-2-4-10-22/h2-14,25H,15-21H2,1H3. The van der Waals surface area contributed by atoms with Crippen molar-refractivity contribution < 1.29 is 9.47 Å². The Morgan fingerprint density at radius 3 is 2.12 bits per heavy atom. The van der Waals surface area contributed by atoms with Crippen LogP contribution in [0.15, 0.2) is 78.9 Å². The van der Waals surface area contributed by atoms with Crippen LogP contribution >= 0.6 is 11.6 Å². The molecule has 1 saturated heterocycles. The molecule has 168 valence electrons. The van der Waals surface area contributed by atoms with Crippen molar-refractivity contribution in [1.29, 1.82) is 0 Å². The number of piperazine rings is 1. The Balaban J connectivity index is 1.37. The molecular formula is C27H31ClN2O2. The first-order valence-electron chi connectivity index (χ1n) is 11.3. The van der Waals surface area contributed by atoms with Crippen LogP contribution in [0.5, 0.6) is 11.5 Å². The van der Waals surface area contributed by atoms with Crippen LogP contribution < -0.4 is 9.47 Å². The van der Waals surface area contributed by atoms with Crippen LogP contribution in [-0.2, 0) is 6.54 Å². The highest BCUT2D eigenvalue weighted by atomic mass is 35.5. The van der Waals surface area contributed by atoms with Crippen LogP contribution in [0, 0.1) is 0 Å². The number of para-hydroxylation sites is 2. The fourth-order valence-electron chi connectivity index (χ4n) is 4.20. The predicted octanol–water partition coefficient (Wildman–Crippen LogP) is 5.68. The molecule has 1 aliphatic heterocycles. The van der Waals surface area contributed by atoms with E-state index in [-0.39, 0.29) is 6.10 Å². The molecule has 1 heterocycles. The van der Waals surface area contributed by atoms with Crippen molar-refractivity contribution in [3.05, 3.63) is 95.0 Å². The van der Waals surface area contributed by atoms with E-state index in [0.717, 1.165) is 67.8 Å². The molecule has 0 radical (unpaired) electrons. The van der Waals surface area contributed by atoms with Crippen LogP contribution in [0.4, 0.5) is 0 Å². The molecule has 0 aliphatic carbocycles. The number of methoxy groups -OCH3 is 1. The minimum Gasteiger partial charge on any atom is -0.493 e. The van der Waals surface area contributed by atoms with E-state index in [9.17, 15) is 0 Å². The number of ether oxygens (including phenoxy) is 2. The molecule has 1 fully saturated rings. The van der Waals surface area contributed by atoms with Gasteiger partial charge in [0.05, 0.1) is 7.11 Å². The second kappa shape index (κ2) is 11.4. The normalized spacial score (nSPS) is 15.9. The fraction of sp³-hybridized carbons (Fsp3) is 0.333. The lowest BCUT2D eigenvalue weighted by molar-refractivity contribution is 0.106. The lowest BCUT2D eigenvalue weighted by Crippen LogP contribution is -2.46. The van der Waals surface area contributed by atoms with E-state index in [0.29, 0.717) is 0 Å². The zero-order valence-electron chi connectivity index (χ0n) is 18.6. The van der Waals surface area contributed by atoms with E-state index in [1.54, 1.807) is 7.11 Å². The topological polar surface area (TPSA) is 24.9 Å². The molecule has 0 aromatic heterocycles. The molecular weight excluding hydrogens is 420 g/mol. The van der Waals surface area contributed by atoms with Crippen molar-refractivity contribution in [2.45, 2.75) is 19.1 Å². The summed E-state index contributed by atoms with van der Waals surface area (Å²) in [6.07, 6.45) is 0.725. The van der Waals surface area contributed by atoms with Gasteiger partial charge in [-0.2, -0.15) is 0 Å². The van der Waals surface area contributed by atoms with Gasteiger partial charge in [-0.1, -0.05) is 72.3 Å². The molecule has 3 aromatic rings. The van der Waals surface area contributed by atoms with Gasteiger partial charge in [0.2, 0.25) is 0 Å². The van der Waals surface area contributed by atoms with Crippen LogP contribution in [0.1, 0.15) is 23.7 Å². The molecule has 1 atom stereocenters. The number of halogens is 1. The van der Waals surface area contributed by atoms with Crippen molar-refractivity contribution in [3.8, 4) is 11.5 Å². The molecule has 3 aromatic carbocycles. The number of nitrogens with zero attached hydrogens (tertiary/aromatic N) is 2. The zero-order valence-corrected chi connectivity index (χ0v) is 19.4. The summed E-state index contributed by atoms with van der Waals surface area (Å²) < 4.78 is 11.9. The average Bonchev–Trinajstić information content (AvgIpc) is 2.84. The minimum atomic E-state index is -0.137. The Morgan fingerprint density at radius 1 is 0.781 bits per heavy atom. The molecule has 4 nitrogen and oxygen atoms in total. The van der Waals surface area contributed by atoms with Gasteiger partial charge in [0.25, 0.3) is 0 Å². The lowest BCUT2D eigenvalue weighted by Gasteiger charge is -2.35. The summed E-state index contributed by atoms with van der Waals surface area (Å²) in [5, 5.41) is 0.736. The number of rotatable bonds is 9. The Morgan fingerprint density at radius 2 is 1.41 bits per heavy atom. The summed E-state index contributed by atoms with van der Waals surface area (Å²) in [5.74, 6) is 1.48. The molecule has 0 saturated carbocycles. The van der Waals surface area contributed by atoms with E-state index in [2.05, 4.69) is 46.2 Å². The molecule has 1 aliphatic rings. The van der Waals surface area contributed by atoms with Gasteiger partial charge in [0.1, 0.15) is 6.10 Å². The van der Waals surface area contributed by atoms with E-state index in [1.807, 2.05) is 42.5 Å². The minimum absolute atomic E-state index is 0.137. The number of benzene rings is 3. The second-order valence-electron chi connectivity index (χ2n) is 8.17. The van der Waals surface area contributed by atoms with Gasteiger partial charge < -0.3 is 14.4 Å². The number of hydrogen-bond donors (Lipinski definition) is 0. The van der Waals surface area contributed by atoms with Crippen molar-refractivity contribution in [2.24, 2.45) is 0 Å². The Labute approximate surface area is 196 Å². The molecule has 32 heavy (non-hydrogen) atoms. The third kappa shape index (κ3) is 6.04. The quantitative estimate of drug-likeness (QED) is 0.419. The summed E-state index contributed by atoms with van der Waals surface area (Å²) >= 11 is 6.55. The predicted molar refractivity (Wildman–Crippen MR) is 131 cm³/mol. The SMILES string of the molecule is COc1ccccc1OC(CCN1CCN(Cc2ccccc2)CC1)c1ccccc1Cl. The summed E-state index contributed by atoms with van der Waals surface area (Å²) in [5.41, 5.74) is 2.40. The van der Waals surface area contributed by atoms with Gasteiger partial charge in [-0.05, 0) is 23.8 Å². The van der Waals surface area contributed by atoms with Crippen LogP contribution in [0.3, 0.4) is 0 Å². The maximum atomic E-state index is 6.55. The second-order valence-corrected chi connectivity index (χ2v) is 8.58. The van der Waals surface area contributed by atoms with Gasteiger partial charge in [0, 0.05) is 56.3 Å². The highest BCUT2D eigenvalue weighted by molar-refractivity contribution is 6.31. The Bertz CT molecular complexity index is 974. The maximum Gasteiger partial charge on any atom is 0.162 e. The van der Waals surface area contributed by atoms with Gasteiger partial charge in [0.15, 0.2) is 11.5 Å². The van der Waals surface area contributed by atoms with Gasteiger partial charge >= 0.3 is 0 Å². The van der Waals surface area contributed by atoms with Crippen molar-refractivity contribution in [2.75, 3.05) is 39.8 Å². The molecule has 0 N–H and O–H groups in total. The highest BCUT2D eigenvalue weighted by Gasteiger charge is 2.22. The molecule has 1 unspecified atom stereocenters. The van der Waals surface area contributed by atoms with E-state index >= 15 is 0 Å². The largest absolute Gasteiger partial charge is 0.493 e. The maximum absolute atomic E-state index is 6.55.